The summed E-state index contributed by atoms with van der Waals surface area (Å²) in [4.78, 5) is 12.1. The molecule has 0 atom stereocenters. The highest BCUT2D eigenvalue weighted by atomic mass is 79.9. The van der Waals surface area contributed by atoms with Crippen molar-refractivity contribution in [3.05, 3.63) is 82.8 Å². The third kappa shape index (κ3) is 3.87. The van der Waals surface area contributed by atoms with Crippen LogP contribution in [0.15, 0.2) is 71.5 Å². The van der Waals surface area contributed by atoms with Gasteiger partial charge in [0, 0.05) is 22.6 Å². The molecule has 3 rings (SSSR count). The summed E-state index contributed by atoms with van der Waals surface area (Å²) in [7, 11) is 0. The minimum absolute atomic E-state index is 0.147. The Morgan fingerprint density at radius 1 is 1.09 bits per heavy atom. The van der Waals surface area contributed by atoms with Crippen LogP contribution in [0.1, 0.15) is 5.56 Å². The maximum atomic E-state index is 13.0. The fourth-order valence-electron chi connectivity index (χ4n) is 2.26. The molecule has 23 heavy (non-hydrogen) atoms. The van der Waals surface area contributed by atoms with E-state index in [1.54, 1.807) is 0 Å². The average molecular weight is 373 g/mol. The molecule has 5 heteroatoms. The largest absolute Gasteiger partial charge is 0.325 e. The predicted octanol–water partition coefficient (Wildman–Crippen LogP) is 4.56. The van der Waals surface area contributed by atoms with Crippen LogP contribution in [0.4, 0.5) is 10.1 Å². The summed E-state index contributed by atoms with van der Waals surface area (Å²) >= 11 is 3.24. The summed E-state index contributed by atoms with van der Waals surface area (Å²) in [6, 6.07) is 15.9. The number of hydrogen-bond acceptors (Lipinski definition) is 1. The molecule has 1 N–H and O–H groups in total. The number of aromatic nitrogens is 1. The van der Waals surface area contributed by atoms with Gasteiger partial charge in [-0.2, -0.15) is 0 Å². The van der Waals surface area contributed by atoms with Crippen molar-refractivity contribution in [2.75, 3.05) is 5.32 Å². The van der Waals surface area contributed by atoms with Gasteiger partial charge in [0.05, 0.1) is 12.1 Å². The summed E-state index contributed by atoms with van der Waals surface area (Å²) in [6.45, 7) is 0. The molecule has 0 radical (unpaired) electrons. The molecular weight excluding hydrogens is 359 g/mol. The van der Waals surface area contributed by atoms with Crippen molar-refractivity contribution in [3.63, 3.8) is 0 Å². The van der Waals surface area contributed by atoms with E-state index in [-0.39, 0.29) is 18.1 Å². The van der Waals surface area contributed by atoms with Gasteiger partial charge in [0.25, 0.3) is 0 Å². The van der Waals surface area contributed by atoms with Crippen molar-refractivity contribution in [2.45, 2.75) is 6.42 Å². The summed E-state index contributed by atoms with van der Waals surface area (Å²) in [5.41, 5.74) is 2.51. The number of halogens is 2. The molecule has 0 bridgehead atoms. The topological polar surface area (TPSA) is 34.0 Å². The zero-order chi connectivity index (χ0) is 16.2. The fraction of sp³-hybridized carbons (Fsp3) is 0.0556. The van der Waals surface area contributed by atoms with E-state index in [1.807, 2.05) is 53.4 Å². The van der Waals surface area contributed by atoms with Gasteiger partial charge in [0.1, 0.15) is 5.82 Å². The van der Waals surface area contributed by atoms with Crippen molar-refractivity contribution in [1.82, 2.24) is 4.57 Å². The lowest BCUT2D eigenvalue weighted by Gasteiger charge is -2.08. The minimum Gasteiger partial charge on any atom is -0.325 e. The second-order valence-corrected chi connectivity index (χ2v) is 5.96. The van der Waals surface area contributed by atoms with Crippen LogP contribution in [-0.4, -0.2) is 10.5 Å². The van der Waals surface area contributed by atoms with E-state index in [0.717, 1.165) is 11.3 Å². The Bertz CT molecular complexity index is 814. The molecule has 1 amide bonds. The highest BCUT2D eigenvalue weighted by molar-refractivity contribution is 9.10. The molecule has 2 aromatic carbocycles. The van der Waals surface area contributed by atoms with E-state index in [2.05, 4.69) is 21.2 Å². The van der Waals surface area contributed by atoms with Gasteiger partial charge in [0.2, 0.25) is 5.91 Å². The average Bonchev–Trinajstić information content (AvgIpc) is 3.05. The lowest BCUT2D eigenvalue weighted by Crippen LogP contribution is -2.14. The first-order valence-corrected chi connectivity index (χ1v) is 7.88. The number of anilines is 1. The molecule has 1 heterocycles. The molecule has 3 aromatic rings. The summed E-state index contributed by atoms with van der Waals surface area (Å²) < 4.78 is 15.6. The number of carbonyl (C=O) groups excluding carboxylic acids is 1. The van der Waals surface area contributed by atoms with Gasteiger partial charge in [0.15, 0.2) is 0 Å². The standard InChI is InChI=1S/C18H14BrFN2O/c19-16-12-14(20)5-8-17(16)21-18(23)11-13-3-6-15(7-4-13)22-9-1-2-10-22/h1-10,12H,11H2,(H,21,23). The van der Waals surface area contributed by atoms with Crippen LogP contribution in [-0.2, 0) is 11.2 Å². The quantitative estimate of drug-likeness (QED) is 0.715. The summed E-state index contributed by atoms with van der Waals surface area (Å²) in [5, 5.41) is 2.77. The first kappa shape index (κ1) is 15.5. The van der Waals surface area contributed by atoms with Gasteiger partial charge < -0.3 is 9.88 Å². The zero-order valence-electron chi connectivity index (χ0n) is 12.2. The van der Waals surface area contributed by atoms with Crippen LogP contribution in [0.2, 0.25) is 0 Å². The minimum atomic E-state index is -0.351. The number of nitrogens with one attached hydrogen (secondary N) is 1. The van der Waals surface area contributed by atoms with Crippen LogP contribution in [0.5, 0.6) is 0 Å². The highest BCUT2D eigenvalue weighted by Crippen LogP contribution is 2.23. The van der Waals surface area contributed by atoms with E-state index in [9.17, 15) is 9.18 Å². The van der Waals surface area contributed by atoms with E-state index in [1.165, 1.54) is 18.2 Å². The van der Waals surface area contributed by atoms with Crippen molar-refractivity contribution >= 4 is 27.5 Å². The maximum Gasteiger partial charge on any atom is 0.228 e. The number of nitrogens with zero attached hydrogens (tertiary/aromatic N) is 1. The van der Waals surface area contributed by atoms with Gasteiger partial charge in [-0.3, -0.25) is 4.79 Å². The van der Waals surface area contributed by atoms with E-state index >= 15 is 0 Å². The normalized spacial score (nSPS) is 10.5. The van der Waals surface area contributed by atoms with Gasteiger partial charge >= 0.3 is 0 Å². The highest BCUT2D eigenvalue weighted by Gasteiger charge is 2.08. The summed E-state index contributed by atoms with van der Waals surface area (Å²) in [6.07, 6.45) is 4.19. The Balaban J connectivity index is 1.66. The molecular formula is C18H14BrFN2O. The third-order valence-electron chi connectivity index (χ3n) is 3.41. The molecule has 1 aromatic heterocycles. The maximum absolute atomic E-state index is 13.0. The number of amides is 1. The van der Waals surface area contributed by atoms with Crippen molar-refractivity contribution in [1.29, 1.82) is 0 Å². The molecule has 0 unspecified atom stereocenters. The first-order chi connectivity index (χ1) is 11.1. The van der Waals surface area contributed by atoms with Gasteiger partial charge in [-0.15, -0.1) is 0 Å². The van der Waals surface area contributed by atoms with Crippen molar-refractivity contribution < 1.29 is 9.18 Å². The Kier molecular flexibility index (Phi) is 4.57. The van der Waals surface area contributed by atoms with Crippen LogP contribution in [0, 0.1) is 5.82 Å². The molecule has 0 saturated heterocycles. The van der Waals surface area contributed by atoms with E-state index in [4.69, 9.17) is 0 Å². The van der Waals surface area contributed by atoms with Crippen LogP contribution < -0.4 is 5.32 Å². The molecule has 0 aliphatic rings. The van der Waals surface area contributed by atoms with Crippen molar-refractivity contribution in [3.8, 4) is 5.69 Å². The molecule has 0 saturated carbocycles. The second kappa shape index (κ2) is 6.79. The predicted molar refractivity (Wildman–Crippen MR) is 92.2 cm³/mol. The number of benzene rings is 2. The summed E-state index contributed by atoms with van der Waals surface area (Å²) in [5.74, 6) is -0.499. The fourth-order valence-corrected chi connectivity index (χ4v) is 2.71. The zero-order valence-corrected chi connectivity index (χ0v) is 13.8. The molecule has 0 spiro atoms. The van der Waals surface area contributed by atoms with Crippen LogP contribution >= 0.6 is 15.9 Å². The molecule has 116 valence electrons. The lowest BCUT2D eigenvalue weighted by atomic mass is 10.1. The van der Waals surface area contributed by atoms with Crippen LogP contribution in [0.3, 0.4) is 0 Å². The van der Waals surface area contributed by atoms with Gasteiger partial charge in [-0.05, 0) is 64.0 Å². The lowest BCUT2D eigenvalue weighted by molar-refractivity contribution is -0.115. The SMILES string of the molecule is O=C(Cc1ccc(-n2cccc2)cc1)Nc1ccc(F)cc1Br. The van der Waals surface area contributed by atoms with Crippen molar-refractivity contribution in [2.24, 2.45) is 0 Å². The smallest absolute Gasteiger partial charge is 0.228 e. The number of rotatable bonds is 4. The number of hydrogen-bond donors (Lipinski definition) is 1. The monoisotopic (exact) mass is 372 g/mol. The Morgan fingerprint density at radius 2 is 1.78 bits per heavy atom. The third-order valence-corrected chi connectivity index (χ3v) is 4.06. The van der Waals surface area contributed by atoms with Crippen LogP contribution in [0.25, 0.3) is 5.69 Å². The molecule has 0 aliphatic carbocycles. The molecule has 0 aliphatic heterocycles. The van der Waals surface area contributed by atoms with Gasteiger partial charge in [-0.1, -0.05) is 12.1 Å². The van der Waals surface area contributed by atoms with E-state index < -0.39 is 0 Å². The Labute approximate surface area is 141 Å². The molecule has 0 fully saturated rings. The molecule has 3 nitrogen and oxygen atoms in total. The Morgan fingerprint density at radius 3 is 2.43 bits per heavy atom. The Hall–Kier alpha value is -2.40. The first-order valence-electron chi connectivity index (χ1n) is 7.09. The number of carbonyl (C=O) groups is 1. The van der Waals surface area contributed by atoms with Gasteiger partial charge in [-0.25, -0.2) is 4.39 Å². The van der Waals surface area contributed by atoms with E-state index in [0.29, 0.717) is 10.2 Å². The second-order valence-electron chi connectivity index (χ2n) is 5.11.